The first kappa shape index (κ1) is 24.7. The highest BCUT2D eigenvalue weighted by Crippen LogP contribution is 2.22. The van der Waals surface area contributed by atoms with Gasteiger partial charge in [-0.1, -0.05) is 62.0 Å². The second kappa shape index (κ2) is 13.7. The number of methoxy groups -OCH3 is 1. The molecule has 5 heteroatoms. The van der Waals surface area contributed by atoms with E-state index < -0.39 is 6.10 Å². The second-order valence-corrected chi connectivity index (χ2v) is 8.16. The normalized spacial score (nSPS) is 18.0. The zero-order valence-corrected chi connectivity index (χ0v) is 18.8. The predicted molar refractivity (Wildman–Crippen MR) is 122 cm³/mol. The lowest BCUT2D eigenvalue weighted by atomic mass is 9.99. The molecular formula is C26H35NO4. The van der Waals surface area contributed by atoms with Crippen molar-refractivity contribution in [2.24, 2.45) is 5.92 Å². The Bertz CT molecular complexity index is 778. The van der Waals surface area contributed by atoms with Crippen molar-refractivity contribution in [1.82, 2.24) is 4.90 Å². The molecule has 0 bridgehead atoms. The first-order valence-corrected chi connectivity index (χ1v) is 11.3. The van der Waals surface area contributed by atoms with Crippen LogP contribution in [0.25, 0.3) is 0 Å². The Morgan fingerprint density at radius 3 is 2.74 bits per heavy atom. The van der Waals surface area contributed by atoms with Gasteiger partial charge in [0.2, 0.25) is 5.91 Å². The molecule has 1 aliphatic heterocycles. The number of hydrogen-bond donors (Lipinski definition) is 1. The number of unbranched alkanes of at least 4 members (excludes halogenated alkanes) is 3. The molecule has 3 atom stereocenters. The van der Waals surface area contributed by atoms with Gasteiger partial charge < -0.3 is 14.7 Å². The molecule has 31 heavy (non-hydrogen) atoms. The molecule has 0 radical (unpaired) electrons. The summed E-state index contributed by atoms with van der Waals surface area (Å²) in [5.74, 6) is 6.30. The lowest BCUT2D eigenvalue weighted by Crippen LogP contribution is -2.33. The topological polar surface area (TPSA) is 66.8 Å². The first-order valence-electron chi connectivity index (χ1n) is 11.3. The third-order valence-corrected chi connectivity index (χ3v) is 5.68. The van der Waals surface area contributed by atoms with Crippen molar-refractivity contribution < 1.29 is 19.4 Å². The summed E-state index contributed by atoms with van der Waals surface area (Å²) in [7, 11) is 1.41. The molecule has 1 aromatic rings. The highest BCUT2D eigenvalue weighted by atomic mass is 16.5. The van der Waals surface area contributed by atoms with Crippen molar-refractivity contribution in [2.75, 3.05) is 13.7 Å². The van der Waals surface area contributed by atoms with Crippen LogP contribution in [0.2, 0.25) is 0 Å². The van der Waals surface area contributed by atoms with Crippen molar-refractivity contribution in [3.63, 3.8) is 0 Å². The summed E-state index contributed by atoms with van der Waals surface area (Å²) in [6.45, 7) is 2.71. The molecule has 0 spiro atoms. The van der Waals surface area contributed by atoms with E-state index in [2.05, 4.69) is 16.6 Å². The molecule has 1 N–H and O–H groups in total. The van der Waals surface area contributed by atoms with E-state index in [4.69, 9.17) is 0 Å². The molecule has 5 nitrogen and oxygen atoms in total. The molecule has 0 aromatic heterocycles. The standard InChI is InChI=1S/C26H35NO4/c1-21(11-10-14-22-12-6-5-7-13-22)24(28)18-16-23-17-19-25(29)27(23)20-9-4-3-8-15-26(30)31-2/h5-7,12-13,16,18,21,23-24,28H,3-4,8-9,11,15,17,19-20H2,1-2H3/b18-16+/t21?,23-,24-/m0/s1. The van der Waals surface area contributed by atoms with E-state index in [9.17, 15) is 14.7 Å². The fourth-order valence-electron chi connectivity index (χ4n) is 3.64. The molecule has 2 rings (SSSR count). The number of aliphatic hydroxyl groups excluding tert-OH is 1. The van der Waals surface area contributed by atoms with E-state index in [0.29, 0.717) is 19.3 Å². The molecule has 1 saturated heterocycles. The number of nitrogens with zero attached hydrogens (tertiary/aromatic N) is 1. The van der Waals surface area contributed by atoms with Gasteiger partial charge in [0.25, 0.3) is 0 Å². The van der Waals surface area contributed by atoms with Crippen LogP contribution in [0, 0.1) is 17.8 Å². The van der Waals surface area contributed by atoms with Gasteiger partial charge in [0.1, 0.15) is 0 Å². The van der Waals surface area contributed by atoms with Gasteiger partial charge in [-0.3, -0.25) is 9.59 Å². The minimum atomic E-state index is -0.582. The van der Waals surface area contributed by atoms with Gasteiger partial charge >= 0.3 is 5.97 Å². The van der Waals surface area contributed by atoms with Crippen LogP contribution in [-0.4, -0.2) is 47.7 Å². The van der Waals surface area contributed by atoms with E-state index in [1.54, 1.807) is 0 Å². The minimum absolute atomic E-state index is 0.0211. The molecule has 1 heterocycles. The van der Waals surface area contributed by atoms with Crippen LogP contribution in [0.1, 0.15) is 63.9 Å². The monoisotopic (exact) mass is 425 g/mol. The number of likely N-dealkylation sites (tertiary alicyclic amines) is 1. The summed E-state index contributed by atoms with van der Waals surface area (Å²) >= 11 is 0. The zero-order valence-electron chi connectivity index (χ0n) is 18.8. The van der Waals surface area contributed by atoms with Crippen molar-refractivity contribution >= 4 is 11.9 Å². The second-order valence-electron chi connectivity index (χ2n) is 8.16. The van der Waals surface area contributed by atoms with E-state index in [1.807, 2.05) is 54.3 Å². The lowest BCUT2D eigenvalue weighted by Gasteiger charge is -2.23. The Balaban J connectivity index is 1.74. The summed E-state index contributed by atoms with van der Waals surface area (Å²) in [4.78, 5) is 25.3. The fourth-order valence-corrected chi connectivity index (χ4v) is 3.64. The molecule has 168 valence electrons. The van der Waals surface area contributed by atoms with Crippen LogP contribution in [0.4, 0.5) is 0 Å². The highest BCUT2D eigenvalue weighted by Gasteiger charge is 2.28. The molecule has 1 amide bonds. The summed E-state index contributed by atoms with van der Waals surface area (Å²) in [6.07, 6.45) is 9.32. The number of benzene rings is 1. The van der Waals surface area contributed by atoms with Crippen LogP contribution >= 0.6 is 0 Å². The van der Waals surface area contributed by atoms with Crippen LogP contribution in [-0.2, 0) is 14.3 Å². The number of aliphatic hydroxyl groups is 1. The van der Waals surface area contributed by atoms with Crippen LogP contribution < -0.4 is 0 Å². The van der Waals surface area contributed by atoms with Gasteiger partial charge in [-0.25, -0.2) is 0 Å². The Morgan fingerprint density at radius 2 is 2.00 bits per heavy atom. The summed E-state index contributed by atoms with van der Waals surface area (Å²) < 4.78 is 4.64. The maximum absolute atomic E-state index is 12.2. The highest BCUT2D eigenvalue weighted by molar-refractivity contribution is 5.79. The van der Waals surface area contributed by atoms with Gasteiger partial charge in [-0.15, -0.1) is 0 Å². The van der Waals surface area contributed by atoms with Crippen molar-refractivity contribution in [3.05, 3.63) is 48.0 Å². The number of carbonyl (C=O) groups is 2. The summed E-state index contributed by atoms with van der Waals surface area (Å²) in [6, 6.07) is 9.88. The molecule has 1 aliphatic rings. The predicted octanol–water partition coefficient (Wildman–Crippen LogP) is 4.10. The van der Waals surface area contributed by atoms with E-state index in [-0.39, 0.29) is 23.8 Å². The quantitative estimate of drug-likeness (QED) is 0.251. The first-order chi connectivity index (χ1) is 15.0. The summed E-state index contributed by atoms with van der Waals surface area (Å²) in [5, 5.41) is 10.5. The van der Waals surface area contributed by atoms with Gasteiger partial charge in [0.15, 0.2) is 0 Å². The molecule has 1 unspecified atom stereocenters. The largest absolute Gasteiger partial charge is 0.469 e. The average molecular weight is 426 g/mol. The Labute approximate surface area is 186 Å². The van der Waals surface area contributed by atoms with Crippen molar-refractivity contribution in [2.45, 2.75) is 70.4 Å². The van der Waals surface area contributed by atoms with Crippen LogP contribution in [0.3, 0.4) is 0 Å². The van der Waals surface area contributed by atoms with E-state index in [0.717, 1.165) is 44.2 Å². The number of ether oxygens (including phenoxy) is 1. The third kappa shape index (κ3) is 8.98. The van der Waals surface area contributed by atoms with Gasteiger partial charge in [0, 0.05) is 31.4 Å². The molecule has 0 aliphatic carbocycles. The minimum Gasteiger partial charge on any atom is -0.469 e. The fraction of sp³-hybridized carbons (Fsp3) is 0.538. The Kier molecular flexibility index (Phi) is 10.9. The van der Waals surface area contributed by atoms with Crippen molar-refractivity contribution in [3.8, 4) is 11.8 Å². The summed E-state index contributed by atoms with van der Waals surface area (Å²) in [5.41, 5.74) is 0.977. The maximum atomic E-state index is 12.2. The van der Waals surface area contributed by atoms with Gasteiger partial charge in [0.05, 0.1) is 19.3 Å². The molecule has 0 saturated carbocycles. The zero-order chi connectivity index (χ0) is 22.5. The third-order valence-electron chi connectivity index (χ3n) is 5.68. The number of hydrogen-bond acceptors (Lipinski definition) is 4. The molecular weight excluding hydrogens is 390 g/mol. The molecule has 1 fully saturated rings. The molecule has 1 aromatic carbocycles. The number of amides is 1. The van der Waals surface area contributed by atoms with Gasteiger partial charge in [-0.2, -0.15) is 0 Å². The van der Waals surface area contributed by atoms with E-state index >= 15 is 0 Å². The SMILES string of the molecule is COC(=O)CCCCCCN1C(=O)CC[C@@H]1/C=C/[C@H](O)C(C)CC#Cc1ccccc1. The van der Waals surface area contributed by atoms with Crippen LogP contribution in [0.5, 0.6) is 0 Å². The van der Waals surface area contributed by atoms with Crippen molar-refractivity contribution in [1.29, 1.82) is 0 Å². The Morgan fingerprint density at radius 1 is 1.26 bits per heavy atom. The number of esters is 1. The lowest BCUT2D eigenvalue weighted by molar-refractivity contribution is -0.140. The van der Waals surface area contributed by atoms with E-state index in [1.165, 1.54) is 7.11 Å². The average Bonchev–Trinajstić information content (AvgIpc) is 3.14. The number of carbonyl (C=O) groups excluding carboxylic acids is 2. The maximum Gasteiger partial charge on any atom is 0.305 e. The van der Waals surface area contributed by atoms with Gasteiger partial charge in [-0.05, 0) is 37.3 Å². The number of rotatable bonds is 11. The van der Waals surface area contributed by atoms with Crippen LogP contribution in [0.15, 0.2) is 42.5 Å². The Hall–Kier alpha value is -2.58. The smallest absolute Gasteiger partial charge is 0.305 e.